The number of piperidine rings is 1. The van der Waals surface area contributed by atoms with Crippen molar-refractivity contribution < 1.29 is 23.6 Å². The van der Waals surface area contributed by atoms with E-state index in [9.17, 15) is 24.1 Å². The molecule has 0 spiro atoms. The quantitative estimate of drug-likeness (QED) is 0.322. The molecule has 9 nitrogen and oxygen atoms in total. The fraction of sp³-hybridized carbons (Fsp3) is 0.310. The second kappa shape index (κ2) is 11.9. The Labute approximate surface area is 226 Å². The van der Waals surface area contributed by atoms with Crippen LogP contribution in [0.4, 0.5) is 21.5 Å². The molecule has 1 fully saturated rings. The number of methoxy groups -OCH3 is 1. The maximum atomic E-state index is 13.6. The third-order valence-corrected chi connectivity index (χ3v) is 6.97. The molecule has 4 rings (SSSR count). The predicted octanol–water partition coefficient (Wildman–Crippen LogP) is 5.01. The minimum absolute atomic E-state index is 0.0230. The van der Waals surface area contributed by atoms with Gasteiger partial charge in [0.15, 0.2) is 0 Å². The molecule has 39 heavy (non-hydrogen) atoms. The van der Waals surface area contributed by atoms with Crippen LogP contribution in [0, 0.1) is 15.9 Å². The van der Waals surface area contributed by atoms with E-state index in [4.69, 9.17) is 4.74 Å². The number of anilines is 2. The number of amides is 2. The fourth-order valence-corrected chi connectivity index (χ4v) is 4.82. The monoisotopic (exact) mass is 534 g/mol. The molecule has 1 aliphatic rings. The van der Waals surface area contributed by atoms with Crippen molar-refractivity contribution in [2.75, 3.05) is 44.5 Å². The molecule has 1 saturated heterocycles. The third-order valence-electron chi connectivity index (χ3n) is 6.97. The summed E-state index contributed by atoms with van der Waals surface area (Å²) in [5.41, 5.74) is 2.81. The van der Waals surface area contributed by atoms with Crippen LogP contribution in [-0.2, 0) is 11.2 Å². The van der Waals surface area contributed by atoms with Gasteiger partial charge in [0, 0.05) is 50.2 Å². The van der Waals surface area contributed by atoms with Crippen molar-refractivity contribution in [2.24, 2.45) is 0 Å². The van der Waals surface area contributed by atoms with Gasteiger partial charge in [0.1, 0.15) is 17.1 Å². The topological polar surface area (TPSA) is 105 Å². The van der Waals surface area contributed by atoms with Crippen molar-refractivity contribution in [1.29, 1.82) is 0 Å². The number of halogens is 1. The van der Waals surface area contributed by atoms with Gasteiger partial charge in [0.2, 0.25) is 5.91 Å². The second-order valence-corrected chi connectivity index (χ2v) is 9.72. The van der Waals surface area contributed by atoms with Crippen molar-refractivity contribution in [2.45, 2.75) is 25.2 Å². The maximum absolute atomic E-state index is 13.6. The summed E-state index contributed by atoms with van der Waals surface area (Å²) in [6.07, 6.45) is 1.42. The Bertz CT molecular complexity index is 1370. The van der Waals surface area contributed by atoms with Crippen LogP contribution in [0.3, 0.4) is 0 Å². The molecular weight excluding hydrogens is 503 g/mol. The summed E-state index contributed by atoms with van der Waals surface area (Å²) in [5, 5.41) is 14.4. The SMILES string of the molecule is COc1ccc(F)cc1CC(=O)Nc1ccc(C2CCN(C(=O)c3cc(N(C)C)ccc3[N+](=O)[O-])CC2)cc1. The number of hydrogen-bond acceptors (Lipinski definition) is 6. The van der Waals surface area contributed by atoms with Crippen LogP contribution in [0.1, 0.15) is 40.2 Å². The third kappa shape index (κ3) is 6.51. The van der Waals surface area contributed by atoms with E-state index < -0.39 is 10.7 Å². The average molecular weight is 535 g/mol. The van der Waals surface area contributed by atoms with Crippen LogP contribution in [0.2, 0.25) is 0 Å². The molecule has 10 heteroatoms. The second-order valence-electron chi connectivity index (χ2n) is 9.72. The maximum Gasteiger partial charge on any atom is 0.282 e. The van der Waals surface area contributed by atoms with Gasteiger partial charge in [0.25, 0.3) is 11.6 Å². The van der Waals surface area contributed by atoms with Gasteiger partial charge in [-0.25, -0.2) is 4.39 Å². The van der Waals surface area contributed by atoms with E-state index in [1.165, 1.54) is 31.4 Å². The lowest BCUT2D eigenvalue weighted by atomic mass is 9.89. The number of nitrogens with zero attached hydrogens (tertiary/aromatic N) is 3. The van der Waals surface area contributed by atoms with Gasteiger partial charge in [-0.2, -0.15) is 0 Å². The van der Waals surface area contributed by atoms with Crippen LogP contribution < -0.4 is 15.0 Å². The number of hydrogen-bond donors (Lipinski definition) is 1. The number of nitro benzene ring substituents is 1. The first-order chi connectivity index (χ1) is 18.7. The number of nitro groups is 1. The number of likely N-dealkylation sites (tertiary alicyclic amines) is 1. The summed E-state index contributed by atoms with van der Waals surface area (Å²) < 4.78 is 18.8. The Morgan fingerprint density at radius 3 is 2.38 bits per heavy atom. The molecule has 0 bridgehead atoms. The highest BCUT2D eigenvalue weighted by atomic mass is 19.1. The van der Waals surface area contributed by atoms with E-state index in [0.29, 0.717) is 30.1 Å². The largest absolute Gasteiger partial charge is 0.496 e. The molecule has 0 aliphatic carbocycles. The molecule has 0 atom stereocenters. The van der Waals surface area contributed by atoms with E-state index in [1.54, 1.807) is 21.9 Å². The standard InChI is InChI=1S/C29H31FN4O5/c1-32(2)24-9-10-26(34(37)38)25(18-24)29(36)33-14-12-20(13-15-33)19-4-7-23(8-5-19)31-28(35)17-21-16-22(30)6-11-27(21)39-3/h4-11,16,18,20H,12-15,17H2,1-3H3,(H,31,35). The molecular formula is C29H31FN4O5. The molecule has 0 radical (unpaired) electrons. The highest BCUT2D eigenvalue weighted by Gasteiger charge is 2.29. The molecule has 1 aliphatic heterocycles. The zero-order chi connectivity index (χ0) is 28.1. The van der Waals surface area contributed by atoms with Crippen LogP contribution >= 0.6 is 0 Å². The van der Waals surface area contributed by atoms with E-state index in [-0.39, 0.29) is 35.4 Å². The Morgan fingerprint density at radius 1 is 1.08 bits per heavy atom. The van der Waals surface area contributed by atoms with Gasteiger partial charge < -0.3 is 19.9 Å². The lowest BCUT2D eigenvalue weighted by Crippen LogP contribution is -2.38. The van der Waals surface area contributed by atoms with E-state index >= 15 is 0 Å². The van der Waals surface area contributed by atoms with E-state index in [0.717, 1.165) is 24.1 Å². The number of nitrogens with one attached hydrogen (secondary N) is 1. The van der Waals surface area contributed by atoms with Crippen LogP contribution in [0.5, 0.6) is 5.75 Å². The molecule has 0 aromatic heterocycles. The highest BCUT2D eigenvalue weighted by molar-refractivity contribution is 5.99. The van der Waals surface area contributed by atoms with Gasteiger partial charge in [0.05, 0.1) is 18.5 Å². The van der Waals surface area contributed by atoms with Gasteiger partial charge >= 0.3 is 0 Å². The number of carbonyl (C=O) groups is 2. The zero-order valence-corrected chi connectivity index (χ0v) is 22.1. The zero-order valence-electron chi connectivity index (χ0n) is 22.1. The lowest BCUT2D eigenvalue weighted by Gasteiger charge is -2.32. The summed E-state index contributed by atoms with van der Waals surface area (Å²) in [7, 11) is 5.11. The molecule has 3 aromatic rings. The first-order valence-corrected chi connectivity index (χ1v) is 12.6. The first-order valence-electron chi connectivity index (χ1n) is 12.6. The Balaban J connectivity index is 1.36. The fourth-order valence-electron chi connectivity index (χ4n) is 4.82. The Morgan fingerprint density at radius 2 is 1.77 bits per heavy atom. The summed E-state index contributed by atoms with van der Waals surface area (Å²) in [6.45, 7) is 0.974. The van der Waals surface area contributed by atoms with Crippen LogP contribution in [0.25, 0.3) is 0 Å². The summed E-state index contributed by atoms with van der Waals surface area (Å²) in [6, 6.07) is 16.2. The van der Waals surface area contributed by atoms with Crippen molar-refractivity contribution >= 4 is 28.9 Å². The number of ether oxygens (including phenoxy) is 1. The van der Waals surface area contributed by atoms with Crippen molar-refractivity contribution in [3.8, 4) is 5.75 Å². The first kappa shape index (κ1) is 27.6. The normalized spacial score (nSPS) is 13.6. The van der Waals surface area contributed by atoms with Gasteiger partial charge in [-0.05, 0) is 66.8 Å². The van der Waals surface area contributed by atoms with Crippen molar-refractivity contribution in [1.82, 2.24) is 4.90 Å². The Kier molecular flexibility index (Phi) is 8.43. The predicted molar refractivity (Wildman–Crippen MR) is 147 cm³/mol. The molecule has 1 N–H and O–H groups in total. The summed E-state index contributed by atoms with van der Waals surface area (Å²) in [4.78, 5) is 40.2. The van der Waals surface area contributed by atoms with E-state index in [2.05, 4.69) is 5.32 Å². The van der Waals surface area contributed by atoms with Gasteiger partial charge in [-0.3, -0.25) is 19.7 Å². The van der Waals surface area contributed by atoms with Crippen molar-refractivity contribution in [3.05, 3.63) is 93.3 Å². The summed E-state index contributed by atoms with van der Waals surface area (Å²) >= 11 is 0. The molecule has 3 aromatic carbocycles. The van der Waals surface area contributed by atoms with Gasteiger partial charge in [-0.15, -0.1) is 0 Å². The van der Waals surface area contributed by atoms with E-state index in [1.807, 2.05) is 38.4 Å². The highest BCUT2D eigenvalue weighted by Crippen LogP contribution is 2.32. The molecule has 204 valence electrons. The van der Waals surface area contributed by atoms with Crippen molar-refractivity contribution in [3.63, 3.8) is 0 Å². The number of rotatable bonds is 8. The Hall–Kier alpha value is -4.47. The number of benzene rings is 3. The molecule has 1 heterocycles. The van der Waals surface area contributed by atoms with Gasteiger partial charge in [-0.1, -0.05) is 12.1 Å². The molecule has 0 unspecified atom stereocenters. The number of carbonyl (C=O) groups excluding carboxylic acids is 2. The molecule has 0 saturated carbocycles. The smallest absolute Gasteiger partial charge is 0.282 e. The minimum Gasteiger partial charge on any atom is -0.496 e. The molecule has 2 amide bonds. The van der Waals surface area contributed by atoms with Crippen LogP contribution in [0.15, 0.2) is 60.7 Å². The minimum atomic E-state index is -0.519. The summed E-state index contributed by atoms with van der Waals surface area (Å²) in [5.74, 6) is -0.385. The van der Waals surface area contributed by atoms with Crippen LogP contribution in [-0.4, -0.2) is 55.9 Å². The lowest BCUT2D eigenvalue weighted by molar-refractivity contribution is -0.385. The average Bonchev–Trinajstić information content (AvgIpc) is 2.93.